The molecule has 0 spiro atoms. The standard InChI is InChI=1S/C23H21N5O4S/c1-12-7-8-18(33-12)17-11-15(20-13(2)28-32-23(20)27-17)22(31)26-16-6-4-3-5-14(16)21(30)25-10-9-19(24)29/h3-8,11H,9-10H2,1-2H3,(H2,24,29)(H,25,30)(H,26,31). The summed E-state index contributed by atoms with van der Waals surface area (Å²) in [6.07, 6.45) is 0.0208. The van der Waals surface area contributed by atoms with Gasteiger partial charge >= 0.3 is 0 Å². The zero-order valence-electron chi connectivity index (χ0n) is 18.0. The maximum atomic E-state index is 13.3. The van der Waals surface area contributed by atoms with Crippen LogP contribution in [0.2, 0.25) is 0 Å². The van der Waals surface area contributed by atoms with Crippen molar-refractivity contribution < 1.29 is 18.9 Å². The molecule has 3 amide bonds. The van der Waals surface area contributed by atoms with E-state index in [1.54, 1.807) is 48.6 Å². The maximum absolute atomic E-state index is 13.3. The fourth-order valence-electron chi connectivity index (χ4n) is 3.35. The average molecular weight is 464 g/mol. The number of hydrogen-bond donors (Lipinski definition) is 3. The molecule has 4 rings (SSSR count). The Morgan fingerprint density at radius 1 is 1.06 bits per heavy atom. The summed E-state index contributed by atoms with van der Waals surface area (Å²) >= 11 is 1.55. The van der Waals surface area contributed by atoms with Crippen molar-refractivity contribution >= 4 is 45.8 Å². The van der Waals surface area contributed by atoms with Gasteiger partial charge in [-0.2, -0.15) is 0 Å². The van der Waals surface area contributed by atoms with Crippen LogP contribution in [0.3, 0.4) is 0 Å². The Hall–Kier alpha value is -4.05. The number of fused-ring (bicyclic) bond motifs is 1. The van der Waals surface area contributed by atoms with Gasteiger partial charge in [-0.3, -0.25) is 14.4 Å². The van der Waals surface area contributed by atoms with Gasteiger partial charge in [-0.25, -0.2) is 4.98 Å². The molecule has 9 nitrogen and oxygen atoms in total. The van der Waals surface area contributed by atoms with Gasteiger partial charge < -0.3 is 20.9 Å². The quantitative estimate of drug-likeness (QED) is 0.384. The smallest absolute Gasteiger partial charge is 0.259 e. The van der Waals surface area contributed by atoms with Gasteiger partial charge in [0, 0.05) is 17.8 Å². The molecule has 0 aliphatic carbocycles. The van der Waals surface area contributed by atoms with Crippen molar-refractivity contribution in [1.29, 1.82) is 0 Å². The van der Waals surface area contributed by atoms with E-state index in [-0.39, 0.29) is 24.2 Å². The minimum atomic E-state index is -0.514. The van der Waals surface area contributed by atoms with Crippen LogP contribution in [0.5, 0.6) is 0 Å². The number of anilines is 1. The molecule has 4 N–H and O–H groups in total. The number of rotatable bonds is 7. The molecule has 0 bridgehead atoms. The summed E-state index contributed by atoms with van der Waals surface area (Å²) in [7, 11) is 0. The third kappa shape index (κ3) is 4.75. The highest BCUT2D eigenvalue weighted by Gasteiger charge is 2.21. The molecule has 0 atom stereocenters. The summed E-state index contributed by atoms with van der Waals surface area (Å²) in [6, 6.07) is 12.2. The van der Waals surface area contributed by atoms with Crippen molar-refractivity contribution in [2.24, 2.45) is 5.73 Å². The van der Waals surface area contributed by atoms with Crippen molar-refractivity contribution in [3.63, 3.8) is 0 Å². The summed E-state index contributed by atoms with van der Waals surface area (Å²) in [6.45, 7) is 3.83. The van der Waals surface area contributed by atoms with Gasteiger partial charge in [0.15, 0.2) is 0 Å². The number of carbonyl (C=O) groups is 3. The van der Waals surface area contributed by atoms with Crippen LogP contribution in [-0.2, 0) is 4.79 Å². The van der Waals surface area contributed by atoms with E-state index in [2.05, 4.69) is 20.8 Å². The lowest BCUT2D eigenvalue weighted by Crippen LogP contribution is -2.28. The topological polar surface area (TPSA) is 140 Å². The van der Waals surface area contributed by atoms with Gasteiger partial charge in [0.2, 0.25) is 5.91 Å². The monoisotopic (exact) mass is 463 g/mol. The van der Waals surface area contributed by atoms with Crippen LogP contribution in [0.15, 0.2) is 47.0 Å². The van der Waals surface area contributed by atoms with Crippen LogP contribution < -0.4 is 16.4 Å². The molecule has 0 radical (unpaired) electrons. The van der Waals surface area contributed by atoms with Crippen molar-refractivity contribution in [3.8, 4) is 10.6 Å². The fraction of sp³-hybridized carbons (Fsp3) is 0.174. The first kappa shape index (κ1) is 22.2. The number of primary amides is 1. The van der Waals surface area contributed by atoms with E-state index in [0.717, 1.165) is 9.75 Å². The number of hydrogen-bond acceptors (Lipinski definition) is 7. The summed E-state index contributed by atoms with van der Waals surface area (Å²) in [5, 5.41) is 9.91. The Morgan fingerprint density at radius 3 is 2.58 bits per heavy atom. The number of nitrogens with two attached hydrogens (primary N) is 1. The molecule has 1 aromatic carbocycles. The molecule has 0 fully saturated rings. The van der Waals surface area contributed by atoms with Gasteiger partial charge in [0.1, 0.15) is 0 Å². The van der Waals surface area contributed by atoms with Crippen molar-refractivity contribution in [2.75, 3.05) is 11.9 Å². The van der Waals surface area contributed by atoms with Gasteiger partial charge in [0.05, 0.1) is 38.5 Å². The summed E-state index contributed by atoms with van der Waals surface area (Å²) in [5.41, 5.74) is 7.44. The highest BCUT2D eigenvalue weighted by molar-refractivity contribution is 7.15. The minimum absolute atomic E-state index is 0.0208. The third-order valence-corrected chi connectivity index (χ3v) is 5.95. The summed E-state index contributed by atoms with van der Waals surface area (Å²) in [5.74, 6) is -1.37. The SMILES string of the molecule is Cc1ccc(-c2cc(C(=O)Nc3ccccc3C(=O)NCCC(N)=O)c3c(C)noc3n2)s1. The number of benzene rings is 1. The largest absolute Gasteiger partial charge is 0.370 e. The molecule has 4 aromatic rings. The molecule has 0 saturated heterocycles. The predicted octanol–water partition coefficient (Wildman–Crippen LogP) is 3.43. The number of aryl methyl sites for hydroxylation is 2. The van der Waals surface area contributed by atoms with E-state index < -0.39 is 17.7 Å². The molecular weight excluding hydrogens is 442 g/mol. The first-order chi connectivity index (χ1) is 15.8. The van der Waals surface area contributed by atoms with E-state index in [1.807, 2.05) is 19.1 Å². The normalized spacial score (nSPS) is 10.8. The second-order valence-electron chi connectivity index (χ2n) is 7.39. The van der Waals surface area contributed by atoms with Crippen molar-refractivity contribution in [1.82, 2.24) is 15.5 Å². The minimum Gasteiger partial charge on any atom is -0.370 e. The molecule has 10 heteroatoms. The lowest BCUT2D eigenvalue weighted by atomic mass is 10.1. The highest BCUT2D eigenvalue weighted by atomic mass is 32.1. The second kappa shape index (κ2) is 9.21. The van der Waals surface area contributed by atoms with Crippen LogP contribution in [0, 0.1) is 13.8 Å². The third-order valence-electron chi connectivity index (χ3n) is 4.93. The van der Waals surface area contributed by atoms with Crippen LogP contribution in [0.25, 0.3) is 21.7 Å². The van der Waals surface area contributed by atoms with Crippen LogP contribution in [0.4, 0.5) is 5.69 Å². The lowest BCUT2D eigenvalue weighted by Gasteiger charge is -2.12. The second-order valence-corrected chi connectivity index (χ2v) is 8.67. The number of pyridine rings is 1. The maximum Gasteiger partial charge on any atom is 0.259 e. The molecule has 0 saturated carbocycles. The molecular formula is C23H21N5O4S. The Kier molecular flexibility index (Phi) is 6.18. The zero-order chi connectivity index (χ0) is 23.5. The van der Waals surface area contributed by atoms with Gasteiger partial charge in [-0.1, -0.05) is 17.3 Å². The molecule has 33 heavy (non-hydrogen) atoms. The van der Waals surface area contributed by atoms with Crippen molar-refractivity contribution in [2.45, 2.75) is 20.3 Å². The van der Waals surface area contributed by atoms with Gasteiger partial charge in [-0.15, -0.1) is 11.3 Å². The fourth-order valence-corrected chi connectivity index (χ4v) is 4.17. The van der Waals surface area contributed by atoms with Crippen molar-refractivity contribution in [3.05, 3.63) is 64.2 Å². The number of carbonyl (C=O) groups excluding carboxylic acids is 3. The summed E-state index contributed by atoms with van der Waals surface area (Å²) in [4.78, 5) is 43.4. The first-order valence-corrected chi connectivity index (χ1v) is 11.0. The first-order valence-electron chi connectivity index (χ1n) is 10.1. The molecule has 0 unspecified atom stereocenters. The van der Waals surface area contributed by atoms with E-state index >= 15 is 0 Å². The number of thiophene rings is 1. The predicted molar refractivity (Wildman–Crippen MR) is 125 cm³/mol. The molecule has 3 aromatic heterocycles. The van der Waals surface area contributed by atoms with Crippen LogP contribution >= 0.6 is 11.3 Å². The van der Waals surface area contributed by atoms with E-state index in [4.69, 9.17) is 10.3 Å². The van der Waals surface area contributed by atoms with E-state index in [0.29, 0.717) is 28.0 Å². The Morgan fingerprint density at radius 2 is 1.85 bits per heavy atom. The van der Waals surface area contributed by atoms with E-state index in [1.165, 1.54) is 0 Å². The highest BCUT2D eigenvalue weighted by Crippen LogP contribution is 2.31. The lowest BCUT2D eigenvalue weighted by molar-refractivity contribution is -0.117. The zero-order valence-corrected chi connectivity index (χ0v) is 18.8. The average Bonchev–Trinajstić information content (AvgIpc) is 3.39. The van der Waals surface area contributed by atoms with Crippen LogP contribution in [-0.4, -0.2) is 34.4 Å². The molecule has 0 aliphatic rings. The number of nitrogens with one attached hydrogen (secondary N) is 2. The van der Waals surface area contributed by atoms with Gasteiger partial charge in [-0.05, 0) is 44.2 Å². The van der Waals surface area contributed by atoms with E-state index in [9.17, 15) is 14.4 Å². The molecule has 3 heterocycles. The Bertz CT molecular complexity index is 1370. The Balaban J connectivity index is 1.67. The Labute approximate surface area is 193 Å². The number of nitrogens with zero attached hydrogens (tertiary/aromatic N) is 2. The number of para-hydroxylation sites is 1. The van der Waals surface area contributed by atoms with Gasteiger partial charge in [0.25, 0.3) is 17.5 Å². The number of aromatic nitrogens is 2. The number of amides is 3. The molecule has 0 aliphatic heterocycles. The summed E-state index contributed by atoms with van der Waals surface area (Å²) < 4.78 is 5.35. The van der Waals surface area contributed by atoms with Crippen LogP contribution in [0.1, 0.15) is 37.7 Å². The molecule has 168 valence electrons.